The first-order valence-electron chi connectivity index (χ1n) is 5.39. The Bertz CT molecular complexity index is 722. The number of nitrogens with zero attached hydrogens (tertiary/aromatic N) is 2. The van der Waals surface area contributed by atoms with E-state index in [0.717, 1.165) is 12.4 Å². The molecular formula is C12H6ClF2N3O3. The molecule has 0 unspecified atom stereocenters. The zero-order valence-corrected chi connectivity index (χ0v) is 10.9. The zero-order chi connectivity index (χ0) is 15.6. The molecule has 2 rings (SSSR count). The number of aromatic carboxylic acids is 1. The highest BCUT2D eigenvalue weighted by atomic mass is 35.5. The van der Waals surface area contributed by atoms with Gasteiger partial charge in [0.1, 0.15) is 22.5 Å². The van der Waals surface area contributed by atoms with Gasteiger partial charge < -0.3 is 10.4 Å². The summed E-state index contributed by atoms with van der Waals surface area (Å²) in [6.07, 6.45) is 2.16. The average Bonchev–Trinajstić information content (AvgIpc) is 2.42. The number of aromatic nitrogens is 2. The van der Waals surface area contributed by atoms with Crippen molar-refractivity contribution in [3.8, 4) is 0 Å². The van der Waals surface area contributed by atoms with Crippen molar-refractivity contribution < 1.29 is 23.5 Å². The molecule has 1 amide bonds. The first-order valence-corrected chi connectivity index (χ1v) is 5.77. The quantitative estimate of drug-likeness (QED) is 0.907. The summed E-state index contributed by atoms with van der Waals surface area (Å²) in [6.45, 7) is 0. The third-order valence-corrected chi connectivity index (χ3v) is 2.58. The average molecular weight is 314 g/mol. The van der Waals surface area contributed by atoms with E-state index in [4.69, 9.17) is 16.7 Å². The van der Waals surface area contributed by atoms with Crippen LogP contribution >= 0.6 is 11.6 Å². The van der Waals surface area contributed by atoms with Gasteiger partial charge in [-0.2, -0.15) is 0 Å². The molecule has 0 spiro atoms. The number of carboxylic acid groups (broad SMARTS) is 1. The number of hydrogen-bond donors (Lipinski definition) is 2. The first-order chi connectivity index (χ1) is 9.88. The summed E-state index contributed by atoms with van der Waals surface area (Å²) in [4.78, 5) is 29.8. The summed E-state index contributed by atoms with van der Waals surface area (Å²) >= 11 is 5.50. The molecule has 1 aromatic heterocycles. The Morgan fingerprint density at radius 1 is 1.14 bits per heavy atom. The lowest BCUT2D eigenvalue weighted by Gasteiger charge is -2.07. The van der Waals surface area contributed by atoms with E-state index in [-0.39, 0.29) is 10.8 Å². The standard InChI is InChI=1S/C12H6ClF2N3O3/c13-10-4-16-9(3-17-10)11(19)18-8-1-5(12(20)21)6(14)2-7(8)15/h1-4H,(H,18,19)(H,20,21). The van der Waals surface area contributed by atoms with Gasteiger partial charge in [0.25, 0.3) is 5.91 Å². The Morgan fingerprint density at radius 3 is 2.43 bits per heavy atom. The summed E-state index contributed by atoms with van der Waals surface area (Å²) in [7, 11) is 0. The van der Waals surface area contributed by atoms with Crippen LogP contribution in [0.25, 0.3) is 0 Å². The van der Waals surface area contributed by atoms with Crippen LogP contribution < -0.4 is 5.32 Å². The maximum Gasteiger partial charge on any atom is 0.338 e. The molecule has 0 fully saturated rings. The van der Waals surface area contributed by atoms with Gasteiger partial charge in [-0.3, -0.25) is 4.79 Å². The van der Waals surface area contributed by atoms with Crippen molar-refractivity contribution in [2.45, 2.75) is 0 Å². The molecule has 6 nitrogen and oxygen atoms in total. The molecule has 0 atom stereocenters. The van der Waals surface area contributed by atoms with E-state index >= 15 is 0 Å². The Kier molecular flexibility index (Phi) is 4.08. The van der Waals surface area contributed by atoms with Crippen LogP contribution in [0.4, 0.5) is 14.5 Å². The Morgan fingerprint density at radius 2 is 1.86 bits per heavy atom. The third kappa shape index (κ3) is 3.29. The van der Waals surface area contributed by atoms with E-state index in [1.807, 2.05) is 0 Å². The molecule has 0 radical (unpaired) electrons. The maximum atomic E-state index is 13.5. The molecule has 108 valence electrons. The molecule has 0 bridgehead atoms. The van der Waals surface area contributed by atoms with Crippen LogP contribution in [-0.2, 0) is 0 Å². The number of nitrogens with one attached hydrogen (secondary N) is 1. The predicted molar refractivity (Wildman–Crippen MR) is 68.3 cm³/mol. The number of carbonyl (C=O) groups is 2. The van der Waals surface area contributed by atoms with Gasteiger partial charge in [0.2, 0.25) is 0 Å². The van der Waals surface area contributed by atoms with Gasteiger partial charge in [0, 0.05) is 6.07 Å². The number of anilines is 1. The third-order valence-electron chi connectivity index (χ3n) is 2.39. The summed E-state index contributed by atoms with van der Waals surface area (Å²) in [5, 5.41) is 10.9. The van der Waals surface area contributed by atoms with Crippen LogP contribution in [0.2, 0.25) is 5.15 Å². The normalized spacial score (nSPS) is 10.2. The van der Waals surface area contributed by atoms with Crippen LogP contribution in [0.1, 0.15) is 20.8 Å². The largest absolute Gasteiger partial charge is 0.478 e. The van der Waals surface area contributed by atoms with Crippen molar-refractivity contribution in [1.29, 1.82) is 0 Å². The van der Waals surface area contributed by atoms with Gasteiger partial charge in [-0.25, -0.2) is 23.5 Å². The number of benzene rings is 1. The van der Waals surface area contributed by atoms with Crippen molar-refractivity contribution in [1.82, 2.24) is 9.97 Å². The van der Waals surface area contributed by atoms with Crippen molar-refractivity contribution in [3.63, 3.8) is 0 Å². The van der Waals surface area contributed by atoms with E-state index in [1.54, 1.807) is 0 Å². The van der Waals surface area contributed by atoms with Crippen molar-refractivity contribution >= 4 is 29.2 Å². The fraction of sp³-hybridized carbons (Fsp3) is 0. The van der Waals surface area contributed by atoms with Gasteiger partial charge in [0.15, 0.2) is 0 Å². The molecular weight excluding hydrogens is 308 g/mol. The molecule has 9 heteroatoms. The van der Waals surface area contributed by atoms with Crippen LogP contribution in [0.15, 0.2) is 24.5 Å². The van der Waals surface area contributed by atoms with E-state index in [1.165, 1.54) is 0 Å². The lowest BCUT2D eigenvalue weighted by molar-refractivity contribution is 0.0691. The van der Waals surface area contributed by atoms with Crippen LogP contribution in [0.3, 0.4) is 0 Å². The summed E-state index contributed by atoms with van der Waals surface area (Å²) < 4.78 is 26.7. The maximum absolute atomic E-state index is 13.5. The number of carbonyl (C=O) groups excluding carboxylic acids is 1. The summed E-state index contributed by atoms with van der Waals surface area (Å²) in [5.41, 5.74) is -1.43. The molecule has 0 aliphatic carbocycles. The summed E-state index contributed by atoms with van der Waals surface area (Å²) in [6, 6.07) is 1.04. The number of halogens is 3. The lowest BCUT2D eigenvalue weighted by atomic mass is 10.1. The molecule has 2 aromatic rings. The topological polar surface area (TPSA) is 92.2 Å². The number of carboxylic acids is 1. The molecule has 0 saturated carbocycles. The Labute approximate surface area is 121 Å². The van der Waals surface area contributed by atoms with Gasteiger partial charge in [-0.15, -0.1) is 0 Å². The van der Waals surface area contributed by atoms with E-state index in [9.17, 15) is 18.4 Å². The lowest BCUT2D eigenvalue weighted by Crippen LogP contribution is -2.16. The van der Waals surface area contributed by atoms with Crippen molar-refractivity contribution in [2.24, 2.45) is 0 Å². The molecule has 0 saturated heterocycles. The second kappa shape index (κ2) is 5.80. The smallest absolute Gasteiger partial charge is 0.338 e. The minimum atomic E-state index is -1.59. The van der Waals surface area contributed by atoms with Crippen molar-refractivity contribution in [3.05, 3.63) is 52.6 Å². The van der Waals surface area contributed by atoms with E-state index < -0.39 is 34.8 Å². The molecule has 1 heterocycles. The molecule has 21 heavy (non-hydrogen) atoms. The monoisotopic (exact) mass is 313 g/mol. The van der Waals surface area contributed by atoms with Gasteiger partial charge >= 0.3 is 5.97 Å². The molecule has 0 aliphatic heterocycles. The Balaban J connectivity index is 2.30. The molecule has 0 aliphatic rings. The number of rotatable bonds is 3. The second-order valence-electron chi connectivity index (χ2n) is 3.80. The minimum Gasteiger partial charge on any atom is -0.478 e. The second-order valence-corrected chi connectivity index (χ2v) is 4.18. The fourth-order valence-corrected chi connectivity index (χ4v) is 1.52. The van der Waals surface area contributed by atoms with Gasteiger partial charge in [0.05, 0.1) is 23.6 Å². The van der Waals surface area contributed by atoms with Crippen LogP contribution in [0.5, 0.6) is 0 Å². The minimum absolute atomic E-state index is 0.0627. The van der Waals surface area contributed by atoms with E-state index in [2.05, 4.69) is 15.3 Å². The molecule has 2 N–H and O–H groups in total. The van der Waals surface area contributed by atoms with Gasteiger partial charge in [-0.1, -0.05) is 11.6 Å². The number of hydrogen-bond acceptors (Lipinski definition) is 4. The van der Waals surface area contributed by atoms with Gasteiger partial charge in [-0.05, 0) is 6.07 Å². The highest BCUT2D eigenvalue weighted by Gasteiger charge is 2.17. The van der Waals surface area contributed by atoms with Crippen LogP contribution in [-0.4, -0.2) is 27.0 Å². The SMILES string of the molecule is O=C(Nc1cc(C(=O)O)c(F)cc1F)c1cnc(Cl)cn1. The van der Waals surface area contributed by atoms with Crippen molar-refractivity contribution in [2.75, 3.05) is 5.32 Å². The van der Waals surface area contributed by atoms with Crippen LogP contribution in [0, 0.1) is 11.6 Å². The highest BCUT2D eigenvalue weighted by Crippen LogP contribution is 2.20. The van der Waals surface area contributed by atoms with E-state index in [0.29, 0.717) is 12.1 Å². The predicted octanol–water partition coefficient (Wildman–Crippen LogP) is 2.36. The summed E-state index contributed by atoms with van der Waals surface area (Å²) in [5.74, 6) is -4.80. The zero-order valence-electron chi connectivity index (χ0n) is 10.1. The number of amides is 1. The highest BCUT2D eigenvalue weighted by molar-refractivity contribution is 6.29. The fourth-order valence-electron chi connectivity index (χ4n) is 1.42. The molecule has 1 aromatic carbocycles. The Hall–Kier alpha value is -2.61. The first kappa shape index (κ1) is 14.8.